The third-order valence-electron chi connectivity index (χ3n) is 3.19. The predicted molar refractivity (Wildman–Crippen MR) is 73.5 cm³/mol. The van der Waals surface area contributed by atoms with E-state index in [-0.39, 0.29) is 6.04 Å². The number of benzene rings is 1. The molecule has 3 aromatic rings. The summed E-state index contributed by atoms with van der Waals surface area (Å²) >= 11 is 0. The molecular formula is C14H15N5. The number of nitrogens with zero attached hydrogens (tertiary/aromatic N) is 4. The fourth-order valence-corrected chi connectivity index (χ4v) is 2.08. The van der Waals surface area contributed by atoms with Gasteiger partial charge in [-0.1, -0.05) is 6.07 Å². The van der Waals surface area contributed by atoms with Gasteiger partial charge in [0.05, 0.1) is 23.3 Å². The minimum absolute atomic E-state index is 0.188. The van der Waals surface area contributed by atoms with Gasteiger partial charge in [-0.2, -0.15) is 5.10 Å². The standard InChI is InChI=1S/C14H15N5/c1-2-19-9-11(8-18-19)14(15)10-3-4-12-13(7-10)17-6-5-16-12/h3-9,14H,2,15H2,1H3. The molecule has 0 aliphatic carbocycles. The lowest BCUT2D eigenvalue weighted by Crippen LogP contribution is -2.11. The molecule has 2 N–H and O–H groups in total. The monoisotopic (exact) mass is 253 g/mol. The highest BCUT2D eigenvalue weighted by molar-refractivity contribution is 5.74. The largest absolute Gasteiger partial charge is 0.320 e. The molecule has 0 amide bonds. The Morgan fingerprint density at radius 1 is 1.16 bits per heavy atom. The van der Waals surface area contributed by atoms with E-state index in [1.807, 2.05) is 42.2 Å². The van der Waals surface area contributed by atoms with Gasteiger partial charge in [0, 0.05) is 30.7 Å². The van der Waals surface area contributed by atoms with Crippen molar-refractivity contribution < 1.29 is 0 Å². The van der Waals surface area contributed by atoms with Gasteiger partial charge in [0.25, 0.3) is 0 Å². The first-order chi connectivity index (χ1) is 9.28. The van der Waals surface area contributed by atoms with Crippen LogP contribution in [-0.4, -0.2) is 19.7 Å². The van der Waals surface area contributed by atoms with Crippen molar-refractivity contribution in [3.8, 4) is 0 Å². The van der Waals surface area contributed by atoms with Crippen LogP contribution >= 0.6 is 0 Å². The molecule has 0 aliphatic heterocycles. The van der Waals surface area contributed by atoms with Crippen LogP contribution in [0.3, 0.4) is 0 Å². The Kier molecular flexibility index (Phi) is 2.97. The molecule has 0 fully saturated rings. The average Bonchev–Trinajstić information content (AvgIpc) is 2.95. The van der Waals surface area contributed by atoms with Crippen molar-refractivity contribution in [2.45, 2.75) is 19.5 Å². The number of hydrogen-bond donors (Lipinski definition) is 1. The lowest BCUT2D eigenvalue weighted by molar-refractivity contribution is 0.658. The fraction of sp³-hybridized carbons (Fsp3) is 0.214. The van der Waals surface area contributed by atoms with Gasteiger partial charge in [0.2, 0.25) is 0 Å². The van der Waals surface area contributed by atoms with Crippen LogP contribution < -0.4 is 5.73 Å². The van der Waals surface area contributed by atoms with Crippen LogP contribution in [0.4, 0.5) is 0 Å². The van der Waals surface area contributed by atoms with Crippen molar-refractivity contribution in [3.63, 3.8) is 0 Å². The molecule has 19 heavy (non-hydrogen) atoms. The summed E-state index contributed by atoms with van der Waals surface area (Å²) in [6.45, 7) is 2.89. The van der Waals surface area contributed by atoms with E-state index in [4.69, 9.17) is 5.73 Å². The van der Waals surface area contributed by atoms with Crippen molar-refractivity contribution in [3.05, 3.63) is 54.1 Å². The van der Waals surface area contributed by atoms with Crippen LogP contribution in [0.15, 0.2) is 43.0 Å². The maximum Gasteiger partial charge on any atom is 0.0890 e. The number of rotatable bonds is 3. The molecule has 1 atom stereocenters. The smallest absolute Gasteiger partial charge is 0.0890 e. The van der Waals surface area contributed by atoms with Gasteiger partial charge in [-0.05, 0) is 24.6 Å². The summed E-state index contributed by atoms with van der Waals surface area (Å²) in [5.41, 5.74) is 10.0. The Morgan fingerprint density at radius 3 is 2.68 bits per heavy atom. The molecule has 5 nitrogen and oxygen atoms in total. The zero-order valence-electron chi connectivity index (χ0n) is 10.7. The Morgan fingerprint density at radius 2 is 1.95 bits per heavy atom. The van der Waals surface area contributed by atoms with Crippen molar-refractivity contribution >= 4 is 11.0 Å². The Labute approximate surface area is 111 Å². The minimum atomic E-state index is -0.188. The number of fused-ring (bicyclic) bond motifs is 1. The van der Waals surface area contributed by atoms with Crippen LogP contribution in [0.1, 0.15) is 24.1 Å². The van der Waals surface area contributed by atoms with E-state index < -0.39 is 0 Å². The molecule has 3 rings (SSSR count). The molecule has 0 radical (unpaired) electrons. The molecule has 96 valence electrons. The highest BCUT2D eigenvalue weighted by Crippen LogP contribution is 2.21. The average molecular weight is 253 g/mol. The summed E-state index contributed by atoms with van der Waals surface area (Å²) in [4.78, 5) is 8.55. The fourth-order valence-electron chi connectivity index (χ4n) is 2.08. The first kappa shape index (κ1) is 11.8. The van der Waals surface area contributed by atoms with E-state index in [9.17, 15) is 0 Å². The van der Waals surface area contributed by atoms with Crippen molar-refractivity contribution in [2.24, 2.45) is 5.73 Å². The summed E-state index contributed by atoms with van der Waals surface area (Å²) in [7, 11) is 0. The molecule has 0 saturated carbocycles. The van der Waals surface area contributed by atoms with Crippen molar-refractivity contribution in [1.82, 2.24) is 19.7 Å². The third kappa shape index (κ3) is 2.20. The van der Waals surface area contributed by atoms with Gasteiger partial charge in [-0.25, -0.2) is 0 Å². The first-order valence-electron chi connectivity index (χ1n) is 6.26. The Balaban J connectivity index is 1.98. The summed E-state index contributed by atoms with van der Waals surface area (Å²) in [6, 6.07) is 5.73. The number of nitrogens with two attached hydrogens (primary N) is 1. The molecule has 1 aromatic carbocycles. The van der Waals surface area contributed by atoms with Gasteiger partial charge < -0.3 is 5.73 Å². The Hall–Kier alpha value is -2.27. The van der Waals surface area contributed by atoms with Crippen LogP contribution in [0.25, 0.3) is 11.0 Å². The molecule has 0 bridgehead atoms. The zero-order chi connectivity index (χ0) is 13.2. The van der Waals surface area contributed by atoms with Crippen LogP contribution in [0, 0.1) is 0 Å². The predicted octanol–water partition coefficient (Wildman–Crippen LogP) is 1.89. The van der Waals surface area contributed by atoms with Gasteiger partial charge in [0.15, 0.2) is 0 Å². The highest BCUT2D eigenvalue weighted by atomic mass is 15.3. The second-order valence-electron chi connectivity index (χ2n) is 4.41. The molecule has 0 spiro atoms. The number of hydrogen-bond acceptors (Lipinski definition) is 4. The van der Waals surface area contributed by atoms with Crippen molar-refractivity contribution in [1.29, 1.82) is 0 Å². The van der Waals surface area contributed by atoms with Gasteiger partial charge in [0.1, 0.15) is 0 Å². The summed E-state index contributed by atoms with van der Waals surface area (Å²) in [5.74, 6) is 0. The van der Waals surface area contributed by atoms with Crippen LogP contribution in [0.2, 0.25) is 0 Å². The van der Waals surface area contributed by atoms with E-state index >= 15 is 0 Å². The number of aromatic nitrogens is 4. The summed E-state index contributed by atoms with van der Waals surface area (Å²) < 4.78 is 1.87. The molecule has 5 heteroatoms. The first-order valence-corrected chi connectivity index (χ1v) is 6.26. The zero-order valence-corrected chi connectivity index (χ0v) is 10.7. The second-order valence-corrected chi connectivity index (χ2v) is 4.41. The summed E-state index contributed by atoms with van der Waals surface area (Å²) in [5, 5.41) is 4.25. The maximum atomic E-state index is 6.27. The van der Waals surface area contributed by atoms with E-state index in [0.717, 1.165) is 28.7 Å². The normalized spacial score (nSPS) is 12.7. The molecule has 2 aromatic heterocycles. The Bertz CT molecular complexity index is 704. The lowest BCUT2D eigenvalue weighted by atomic mass is 10.0. The second kappa shape index (κ2) is 4.78. The topological polar surface area (TPSA) is 69.6 Å². The van der Waals surface area contributed by atoms with E-state index in [0.29, 0.717) is 0 Å². The van der Waals surface area contributed by atoms with Gasteiger partial charge in [-0.3, -0.25) is 14.6 Å². The number of aryl methyl sites for hydroxylation is 1. The van der Waals surface area contributed by atoms with Gasteiger partial charge >= 0.3 is 0 Å². The molecule has 2 heterocycles. The molecular weight excluding hydrogens is 238 g/mol. The lowest BCUT2D eigenvalue weighted by Gasteiger charge is -2.10. The van der Waals surface area contributed by atoms with Gasteiger partial charge in [-0.15, -0.1) is 0 Å². The molecule has 1 unspecified atom stereocenters. The van der Waals surface area contributed by atoms with E-state index in [2.05, 4.69) is 15.1 Å². The SMILES string of the molecule is CCn1cc(C(N)c2ccc3nccnc3c2)cn1. The third-order valence-corrected chi connectivity index (χ3v) is 3.19. The van der Waals surface area contributed by atoms with Crippen LogP contribution in [0.5, 0.6) is 0 Å². The maximum absolute atomic E-state index is 6.27. The van der Waals surface area contributed by atoms with Crippen LogP contribution in [-0.2, 0) is 6.54 Å². The quantitative estimate of drug-likeness (QED) is 0.774. The molecule has 0 aliphatic rings. The van der Waals surface area contributed by atoms with E-state index in [1.54, 1.807) is 12.4 Å². The summed E-state index contributed by atoms with van der Waals surface area (Å²) in [6.07, 6.45) is 7.17. The molecule has 0 saturated heterocycles. The minimum Gasteiger partial charge on any atom is -0.320 e. The highest BCUT2D eigenvalue weighted by Gasteiger charge is 2.12. The van der Waals surface area contributed by atoms with Crippen molar-refractivity contribution in [2.75, 3.05) is 0 Å². The van der Waals surface area contributed by atoms with E-state index in [1.165, 1.54) is 0 Å².